The van der Waals surface area contributed by atoms with Gasteiger partial charge < -0.3 is 16.0 Å². The number of aromatic nitrogens is 3. The van der Waals surface area contributed by atoms with Crippen molar-refractivity contribution in [3.8, 4) is 5.69 Å². The minimum absolute atomic E-state index is 0.391. The highest BCUT2D eigenvalue weighted by molar-refractivity contribution is 6.33. The molecule has 0 aliphatic heterocycles. The summed E-state index contributed by atoms with van der Waals surface area (Å²) in [4.78, 5) is 16.4. The quantitative estimate of drug-likeness (QED) is 0.376. The van der Waals surface area contributed by atoms with Crippen molar-refractivity contribution in [2.75, 3.05) is 16.0 Å². The number of hydrogen-bond donors (Lipinski definition) is 3. The topological polar surface area (TPSA) is 83.9 Å². The normalized spacial score (nSPS) is 10.5. The number of nitrogens with one attached hydrogen (secondary N) is 3. The van der Waals surface area contributed by atoms with Crippen LogP contribution in [0, 0.1) is 6.92 Å². The molecule has 31 heavy (non-hydrogen) atoms. The van der Waals surface area contributed by atoms with Gasteiger partial charge in [-0.05, 0) is 48.4 Å². The summed E-state index contributed by atoms with van der Waals surface area (Å²) < 4.78 is 1.71. The maximum Gasteiger partial charge on any atom is 0.323 e. The number of anilines is 3. The number of carbonyl (C=O) groups excluding carboxylic acids is 1. The van der Waals surface area contributed by atoms with Crippen LogP contribution in [0.5, 0.6) is 0 Å². The van der Waals surface area contributed by atoms with Gasteiger partial charge in [0.1, 0.15) is 0 Å². The molecule has 0 unspecified atom stereocenters. The number of halogens is 1. The lowest BCUT2D eigenvalue weighted by atomic mass is 10.2. The number of hydrogen-bond acceptors (Lipinski definition) is 4. The SMILES string of the molecule is Cc1cncc(NCc2cccc(-n3cc(NC(=O)Nc4ccccc4Cl)cn3)c2)c1. The third kappa shape index (κ3) is 5.40. The van der Waals surface area contributed by atoms with Crippen molar-refractivity contribution in [2.45, 2.75) is 13.5 Å². The van der Waals surface area contributed by atoms with Crippen LogP contribution in [0.2, 0.25) is 5.02 Å². The van der Waals surface area contributed by atoms with Gasteiger partial charge in [-0.2, -0.15) is 5.10 Å². The number of aryl methyl sites for hydroxylation is 1. The molecule has 4 rings (SSSR count). The lowest BCUT2D eigenvalue weighted by Gasteiger charge is -2.09. The monoisotopic (exact) mass is 432 g/mol. The van der Waals surface area contributed by atoms with Gasteiger partial charge in [0, 0.05) is 18.9 Å². The second kappa shape index (κ2) is 9.32. The van der Waals surface area contributed by atoms with Crippen LogP contribution in [0.3, 0.4) is 0 Å². The molecule has 4 aromatic rings. The second-order valence-electron chi connectivity index (χ2n) is 7.01. The Morgan fingerprint density at radius 1 is 1.00 bits per heavy atom. The van der Waals surface area contributed by atoms with Gasteiger partial charge in [-0.25, -0.2) is 9.48 Å². The predicted molar refractivity (Wildman–Crippen MR) is 124 cm³/mol. The molecule has 0 aliphatic carbocycles. The Labute approximate surface area is 185 Å². The number of benzene rings is 2. The minimum atomic E-state index is -0.391. The van der Waals surface area contributed by atoms with E-state index in [0.29, 0.717) is 22.9 Å². The molecule has 156 valence electrons. The molecule has 3 N–H and O–H groups in total. The van der Waals surface area contributed by atoms with Gasteiger partial charge in [0.15, 0.2) is 0 Å². The van der Waals surface area contributed by atoms with Crippen molar-refractivity contribution in [1.82, 2.24) is 14.8 Å². The van der Waals surface area contributed by atoms with E-state index in [2.05, 4.69) is 32.1 Å². The highest BCUT2D eigenvalue weighted by atomic mass is 35.5. The van der Waals surface area contributed by atoms with E-state index in [0.717, 1.165) is 22.5 Å². The molecule has 0 aliphatic rings. The fraction of sp³-hybridized carbons (Fsp3) is 0.0870. The van der Waals surface area contributed by atoms with Crippen molar-refractivity contribution < 1.29 is 4.79 Å². The van der Waals surface area contributed by atoms with Gasteiger partial charge in [-0.3, -0.25) is 4.98 Å². The summed E-state index contributed by atoms with van der Waals surface area (Å²) >= 11 is 6.08. The number of carbonyl (C=O) groups is 1. The first-order valence-corrected chi connectivity index (χ1v) is 10.1. The van der Waals surface area contributed by atoms with Crippen molar-refractivity contribution in [3.05, 3.63) is 95.5 Å². The Balaban J connectivity index is 1.40. The summed E-state index contributed by atoms with van der Waals surface area (Å²) in [5, 5.41) is 13.7. The van der Waals surface area contributed by atoms with Crippen LogP contribution < -0.4 is 16.0 Å². The Morgan fingerprint density at radius 2 is 1.87 bits per heavy atom. The van der Waals surface area contributed by atoms with Crippen molar-refractivity contribution in [3.63, 3.8) is 0 Å². The smallest absolute Gasteiger partial charge is 0.323 e. The summed E-state index contributed by atoms with van der Waals surface area (Å²) in [5.41, 5.74) is 5.17. The van der Waals surface area contributed by atoms with Crippen molar-refractivity contribution in [2.24, 2.45) is 0 Å². The molecule has 0 bridgehead atoms. The number of urea groups is 1. The first-order chi connectivity index (χ1) is 15.1. The van der Waals surface area contributed by atoms with E-state index in [1.54, 1.807) is 47.5 Å². The molecule has 0 saturated heterocycles. The average molecular weight is 433 g/mol. The fourth-order valence-corrected chi connectivity index (χ4v) is 3.22. The largest absolute Gasteiger partial charge is 0.380 e. The van der Waals surface area contributed by atoms with Crippen LogP contribution in [0.1, 0.15) is 11.1 Å². The maximum atomic E-state index is 12.2. The third-order valence-electron chi connectivity index (χ3n) is 4.51. The number of nitrogens with zero attached hydrogens (tertiary/aromatic N) is 3. The van der Waals surface area contributed by atoms with E-state index < -0.39 is 6.03 Å². The molecule has 2 amide bonds. The predicted octanol–water partition coefficient (Wildman–Crippen LogP) is 5.49. The van der Waals surface area contributed by atoms with Crippen LogP contribution in [-0.4, -0.2) is 20.8 Å². The Bertz CT molecular complexity index is 1210. The third-order valence-corrected chi connectivity index (χ3v) is 4.84. The standard InChI is InChI=1S/C23H21ClN6O/c1-16-9-18(13-25-11-16)26-12-17-5-4-6-20(10-17)30-15-19(14-27-30)28-23(31)29-22-8-3-2-7-21(22)24/h2-11,13-15,26H,12H2,1H3,(H2,28,29,31). The molecule has 2 aromatic carbocycles. The minimum Gasteiger partial charge on any atom is -0.380 e. The average Bonchev–Trinajstić information content (AvgIpc) is 3.23. The Hall–Kier alpha value is -3.84. The zero-order valence-corrected chi connectivity index (χ0v) is 17.6. The molecular weight excluding hydrogens is 412 g/mol. The van der Waals surface area contributed by atoms with Crippen LogP contribution in [0.25, 0.3) is 5.69 Å². The molecule has 0 fully saturated rings. The maximum absolute atomic E-state index is 12.2. The molecule has 2 heterocycles. The molecule has 7 nitrogen and oxygen atoms in total. The lowest BCUT2D eigenvalue weighted by molar-refractivity contribution is 0.262. The first kappa shape index (κ1) is 20.4. The Kier molecular flexibility index (Phi) is 6.14. The van der Waals surface area contributed by atoms with Gasteiger partial charge in [0.2, 0.25) is 0 Å². The first-order valence-electron chi connectivity index (χ1n) is 9.69. The molecule has 0 spiro atoms. The van der Waals surface area contributed by atoms with E-state index in [1.165, 1.54) is 0 Å². The summed E-state index contributed by atoms with van der Waals surface area (Å²) in [5.74, 6) is 0. The van der Waals surface area contributed by atoms with Crippen LogP contribution in [0.4, 0.5) is 21.9 Å². The summed E-state index contributed by atoms with van der Waals surface area (Å²) in [6.07, 6.45) is 6.97. The van der Waals surface area contributed by atoms with Gasteiger partial charge in [0.05, 0.1) is 40.2 Å². The van der Waals surface area contributed by atoms with Crippen molar-refractivity contribution in [1.29, 1.82) is 0 Å². The lowest BCUT2D eigenvalue weighted by Crippen LogP contribution is -2.19. The van der Waals surface area contributed by atoms with Crippen molar-refractivity contribution >= 4 is 34.7 Å². The van der Waals surface area contributed by atoms with Gasteiger partial charge >= 0.3 is 6.03 Å². The number of amides is 2. The highest BCUT2D eigenvalue weighted by Crippen LogP contribution is 2.21. The number of rotatable bonds is 6. The summed E-state index contributed by atoms with van der Waals surface area (Å²) in [7, 11) is 0. The number of para-hydroxylation sites is 1. The van der Waals surface area contributed by atoms with E-state index in [4.69, 9.17) is 11.6 Å². The van der Waals surface area contributed by atoms with Gasteiger partial charge in [0.25, 0.3) is 0 Å². The zero-order chi connectivity index (χ0) is 21.6. The highest BCUT2D eigenvalue weighted by Gasteiger charge is 2.08. The second-order valence-corrected chi connectivity index (χ2v) is 7.41. The van der Waals surface area contributed by atoms with E-state index in [9.17, 15) is 4.79 Å². The molecule has 0 radical (unpaired) electrons. The van der Waals surface area contributed by atoms with E-state index in [-0.39, 0.29) is 0 Å². The molecule has 0 saturated carbocycles. The van der Waals surface area contributed by atoms with Gasteiger partial charge in [-0.15, -0.1) is 0 Å². The fourth-order valence-electron chi connectivity index (χ4n) is 3.04. The van der Waals surface area contributed by atoms with Gasteiger partial charge in [-0.1, -0.05) is 35.9 Å². The zero-order valence-electron chi connectivity index (χ0n) is 16.8. The molecule has 2 aromatic heterocycles. The molecular formula is C23H21ClN6O. The Morgan fingerprint density at radius 3 is 2.71 bits per heavy atom. The van der Waals surface area contributed by atoms with Crippen LogP contribution in [-0.2, 0) is 6.54 Å². The van der Waals surface area contributed by atoms with Crippen LogP contribution in [0.15, 0.2) is 79.4 Å². The van der Waals surface area contributed by atoms with E-state index in [1.807, 2.05) is 37.4 Å². The number of pyridine rings is 1. The molecule has 8 heteroatoms. The van der Waals surface area contributed by atoms with Crippen LogP contribution >= 0.6 is 11.6 Å². The van der Waals surface area contributed by atoms with E-state index >= 15 is 0 Å². The summed E-state index contributed by atoms with van der Waals surface area (Å²) in [6.45, 7) is 2.67. The molecule has 0 atom stereocenters. The summed E-state index contributed by atoms with van der Waals surface area (Å²) in [6, 6.07) is 16.7.